The lowest BCUT2D eigenvalue weighted by Crippen LogP contribution is -2.45. The highest BCUT2D eigenvalue weighted by Crippen LogP contribution is 2.31. The molecule has 2 aromatic carbocycles. The molecule has 1 aliphatic heterocycles. The molecule has 1 atom stereocenters. The van der Waals surface area contributed by atoms with E-state index in [-0.39, 0.29) is 6.10 Å². The summed E-state index contributed by atoms with van der Waals surface area (Å²) in [4.78, 5) is 2.08. The van der Waals surface area contributed by atoms with Gasteiger partial charge in [0, 0.05) is 22.3 Å². The molecule has 0 saturated heterocycles. The summed E-state index contributed by atoms with van der Waals surface area (Å²) in [5, 5.41) is 4.93. The monoisotopic (exact) mass is 410 g/mol. The predicted octanol–water partition coefficient (Wildman–Crippen LogP) is 5.24. The molecular weight excluding hydrogens is 391 g/mol. The number of para-hydroxylation sites is 2. The summed E-state index contributed by atoms with van der Waals surface area (Å²) in [5.74, 6) is 1.54. The molecule has 0 radical (unpaired) electrons. The van der Waals surface area contributed by atoms with E-state index in [1.165, 1.54) is 0 Å². The summed E-state index contributed by atoms with van der Waals surface area (Å²) in [5.41, 5.74) is 0.764. The van der Waals surface area contributed by atoms with E-state index in [2.05, 4.69) is 17.1 Å². The Morgan fingerprint density at radius 1 is 1.19 bits per heavy atom. The van der Waals surface area contributed by atoms with Crippen LogP contribution in [-0.4, -0.2) is 35.8 Å². The maximum atomic E-state index is 6.06. The van der Waals surface area contributed by atoms with Crippen molar-refractivity contribution < 1.29 is 9.47 Å². The Balaban J connectivity index is 1.66. The van der Waals surface area contributed by atoms with Crippen molar-refractivity contribution in [1.29, 1.82) is 0 Å². The molecule has 0 aliphatic carbocycles. The molecule has 0 fully saturated rings. The van der Waals surface area contributed by atoms with Gasteiger partial charge in [-0.2, -0.15) is 0 Å². The Kier molecular flexibility index (Phi) is 6.46. The zero-order valence-corrected chi connectivity index (χ0v) is 16.7. The topological polar surface area (TPSA) is 33.7 Å². The van der Waals surface area contributed by atoms with Crippen LogP contribution in [0.2, 0.25) is 10.0 Å². The van der Waals surface area contributed by atoms with E-state index in [4.69, 9.17) is 44.9 Å². The van der Waals surface area contributed by atoms with Crippen LogP contribution >= 0.6 is 35.4 Å². The zero-order valence-electron chi connectivity index (χ0n) is 14.4. The van der Waals surface area contributed by atoms with Crippen LogP contribution in [0.3, 0.4) is 0 Å². The van der Waals surface area contributed by atoms with Crippen LogP contribution in [0, 0.1) is 0 Å². The van der Waals surface area contributed by atoms with Gasteiger partial charge in [0.15, 0.2) is 22.7 Å². The first-order valence-corrected chi connectivity index (χ1v) is 9.62. The van der Waals surface area contributed by atoms with Crippen LogP contribution in [0.5, 0.6) is 11.5 Å². The van der Waals surface area contributed by atoms with Crippen molar-refractivity contribution in [2.75, 3.05) is 25.0 Å². The summed E-state index contributed by atoms with van der Waals surface area (Å²) < 4.78 is 11.8. The molecule has 4 nitrogen and oxygen atoms in total. The van der Waals surface area contributed by atoms with E-state index in [0.717, 1.165) is 30.2 Å². The Hall–Kier alpha value is -1.69. The summed E-state index contributed by atoms with van der Waals surface area (Å²) in [6.07, 6.45) is 0.863. The summed E-state index contributed by atoms with van der Waals surface area (Å²) in [7, 11) is 0. The number of anilines is 1. The van der Waals surface area contributed by atoms with Gasteiger partial charge >= 0.3 is 0 Å². The average molecular weight is 411 g/mol. The second-order valence-corrected chi connectivity index (χ2v) is 7.29. The quantitative estimate of drug-likeness (QED) is 0.681. The Morgan fingerprint density at radius 2 is 1.88 bits per heavy atom. The van der Waals surface area contributed by atoms with Crippen LogP contribution in [0.1, 0.15) is 13.3 Å². The van der Waals surface area contributed by atoms with Crippen molar-refractivity contribution in [3.05, 3.63) is 52.5 Å². The van der Waals surface area contributed by atoms with Crippen LogP contribution < -0.4 is 14.8 Å². The summed E-state index contributed by atoms with van der Waals surface area (Å²) >= 11 is 17.7. The van der Waals surface area contributed by atoms with E-state index in [1.807, 2.05) is 24.3 Å². The fourth-order valence-electron chi connectivity index (χ4n) is 2.77. The highest BCUT2D eigenvalue weighted by molar-refractivity contribution is 7.80. The van der Waals surface area contributed by atoms with Gasteiger partial charge in [0.25, 0.3) is 0 Å². The molecule has 7 heteroatoms. The Morgan fingerprint density at radius 3 is 2.58 bits per heavy atom. The minimum Gasteiger partial charge on any atom is -0.486 e. The molecule has 0 bridgehead atoms. The molecule has 1 N–H and O–H groups in total. The van der Waals surface area contributed by atoms with E-state index < -0.39 is 0 Å². The van der Waals surface area contributed by atoms with Gasteiger partial charge in [0.1, 0.15) is 6.61 Å². The molecule has 138 valence electrons. The van der Waals surface area contributed by atoms with Crippen molar-refractivity contribution in [2.45, 2.75) is 19.4 Å². The molecule has 0 spiro atoms. The van der Waals surface area contributed by atoms with Crippen molar-refractivity contribution >= 4 is 46.2 Å². The largest absolute Gasteiger partial charge is 0.486 e. The van der Waals surface area contributed by atoms with Crippen LogP contribution in [0.15, 0.2) is 42.5 Å². The first-order valence-electron chi connectivity index (χ1n) is 8.45. The van der Waals surface area contributed by atoms with Crippen molar-refractivity contribution in [3.63, 3.8) is 0 Å². The molecule has 1 heterocycles. The number of rotatable bonds is 5. The number of fused-ring (bicyclic) bond motifs is 1. The number of hydrogen-bond donors (Lipinski definition) is 1. The summed E-state index contributed by atoms with van der Waals surface area (Å²) in [6, 6.07) is 13.0. The van der Waals surface area contributed by atoms with Crippen molar-refractivity contribution in [3.8, 4) is 11.5 Å². The third kappa shape index (κ3) is 4.93. The molecule has 0 saturated carbocycles. The lowest BCUT2D eigenvalue weighted by Gasteiger charge is -2.32. The smallest absolute Gasteiger partial charge is 0.173 e. The van der Waals surface area contributed by atoms with Crippen molar-refractivity contribution in [1.82, 2.24) is 4.90 Å². The number of benzene rings is 2. The van der Waals surface area contributed by atoms with E-state index in [0.29, 0.717) is 28.3 Å². The molecule has 0 unspecified atom stereocenters. The van der Waals surface area contributed by atoms with Gasteiger partial charge in [-0.1, -0.05) is 42.3 Å². The fraction of sp³-hybridized carbons (Fsp3) is 0.316. The minimum absolute atomic E-state index is 0.0980. The molecule has 0 aromatic heterocycles. The molecule has 26 heavy (non-hydrogen) atoms. The molecule has 3 rings (SSSR count). The third-order valence-corrected chi connectivity index (χ3v) is 4.68. The SMILES string of the molecule is CCCN(C[C@H]1COc2ccccc2O1)C(=S)Nc1cc(Cl)cc(Cl)c1. The first-order chi connectivity index (χ1) is 12.5. The van der Waals surface area contributed by atoms with E-state index in [1.54, 1.807) is 18.2 Å². The third-order valence-electron chi connectivity index (χ3n) is 3.89. The number of nitrogens with one attached hydrogen (secondary N) is 1. The minimum atomic E-state index is -0.0980. The van der Waals surface area contributed by atoms with E-state index >= 15 is 0 Å². The molecule has 2 aromatic rings. The Bertz CT molecular complexity index is 768. The van der Waals surface area contributed by atoms with Gasteiger partial charge < -0.3 is 19.7 Å². The van der Waals surface area contributed by atoms with Gasteiger partial charge in [0.05, 0.1) is 6.54 Å². The molecule has 1 aliphatic rings. The normalized spacial score (nSPS) is 15.4. The van der Waals surface area contributed by atoms with Crippen LogP contribution in [0.25, 0.3) is 0 Å². The van der Waals surface area contributed by atoms with Gasteiger partial charge in [-0.05, 0) is 49.0 Å². The number of ether oxygens (including phenoxy) is 2. The molecular formula is C19H20Cl2N2O2S. The lowest BCUT2D eigenvalue weighted by molar-refractivity contribution is 0.0746. The standard InChI is InChI=1S/C19H20Cl2N2O2S/c1-2-7-23(19(26)22-15-9-13(20)8-14(21)10-15)11-16-12-24-17-5-3-4-6-18(17)25-16/h3-6,8-10,16H,2,7,11-12H2,1H3,(H,22,26)/t16-/m0/s1. The second kappa shape index (κ2) is 8.80. The maximum absolute atomic E-state index is 6.06. The van der Waals surface area contributed by atoms with Crippen LogP contribution in [0.4, 0.5) is 5.69 Å². The number of nitrogens with zero attached hydrogens (tertiary/aromatic N) is 1. The molecule has 0 amide bonds. The van der Waals surface area contributed by atoms with Gasteiger partial charge in [-0.3, -0.25) is 0 Å². The van der Waals surface area contributed by atoms with Gasteiger partial charge in [-0.25, -0.2) is 0 Å². The van der Waals surface area contributed by atoms with Crippen molar-refractivity contribution in [2.24, 2.45) is 0 Å². The average Bonchev–Trinajstić information content (AvgIpc) is 2.60. The number of thiocarbonyl (C=S) groups is 1. The fourth-order valence-corrected chi connectivity index (χ4v) is 3.58. The zero-order chi connectivity index (χ0) is 18.5. The summed E-state index contributed by atoms with van der Waals surface area (Å²) in [6.45, 7) is 4.03. The van der Waals surface area contributed by atoms with E-state index in [9.17, 15) is 0 Å². The van der Waals surface area contributed by atoms with Gasteiger partial charge in [-0.15, -0.1) is 0 Å². The predicted molar refractivity (Wildman–Crippen MR) is 111 cm³/mol. The maximum Gasteiger partial charge on any atom is 0.173 e. The number of halogens is 2. The lowest BCUT2D eigenvalue weighted by atomic mass is 10.2. The van der Waals surface area contributed by atoms with Gasteiger partial charge in [0.2, 0.25) is 0 Å². The van der Waals surface area contributed by atoms with Crippen LogP contribution in [-0.2, 0) is 0 Å². The second-order valence-electron chi connectivity index (χ2n) is 6.03. The highest BCUT2D eigenvalue weighted by atomic mass is 35.5. The first kappa shape index (κ1) is 19.1. The Labute approximate surface area is 169 Å². The highest BCUT2D eigenvalue weighted by Gasteiger charge is 2.24. The number of hydrogen-bond acceptors (Lipinski definition) is 3.